The number of carbonyl (C=O) groups excluding carboxylic acids is 1. The van der Waals surface area contributed by atoms with Gasteiger partial charge >= 0.3 is 12.1 Å². The third-order valence-corrected chi connectivity index (χ3v) is 4.84. The summed E-state index contributed by atoms with van der Waals surface area (Å²) in [6, 6.07) is 10.6. The number of rotatable bonds is 2. The number of nitrogens with one attached hydrogen (secondary N) is 1. The number of ether oxygens (including phenoxy) is 1. The summed E-state index contributed by atoms with van der Waals surface area (Å²) < 4.78 is 5.72. The molecule has 1 atom stereocenters. The van der Waals surface area contributed by atoms with Gasteiger partial charge in [0.15, 0.2) is 0 Å². The zero-order valence-corrected chi connectivity index (χ0v) is 16.2. The van der Waals surface area contributed by atoms with Gasteiger partial charge in [0.1, 0.15) is 6.10 Å². The fraction of sp³-hybridized carbons (Fsp3) is 0.263. The summed E-state index contributed by atoms with van der Waals surface area (Å²) >= 11 is 12.0. The molecule has 0 fully saturated rings. The number of halogens is 2. The summed E-state index contributed by atoms with van der Waals surface area (Å²) in [6.45, 7) is 6.43. The lowest BCUT2D eigenvalue weighted by Gasteiger charge is -2.23. The summed E-state index contributed by atoms with van der Waals surface area (Å²) in [6.07, 6.45) is -0.0724. The van der Waals surface area contributed by atoms with E-state index in [1.54, 1.807) is 18.2 Å². The van der Waals surface area contributed by atoms with E-state index in [1.807, 2.05) is 39.0 Å². The Kier molecular flexibility index (Phi) is 5.39. The molecular weight excluding hydrogens is 373 g/mol. The van der Waals surface area contributed by atoms with Gasteiger partial charge in [0, 0.05) is 5.69 Å². The molecule has 0 aromatic heterocycles. The molecule has 1 unspecified atom stereocenters. The zero-order chi connectivity index (χ0) is 18.8. The fourth-order valence-electron chi connectivity index (χ4n) is 2.52. The van der Waals surface area contributed by atoms with Crippen LogP contribution in [-0.4, -0.2) is 24.7 Å². The highest BCUT2D eigenvalue weighted by Gasteiger charge is 2.28. The van der Waals surface area contributed by atoms with Crippen LogP contribution < -0.4 is 10.2 Å². The summed E-state index contributed by atoms with van der Waals surface area (Å²) in [5.41, 5.74) is 3.42. The van der Waals surface area contributed by atoms with E-state index >= 15 is 0 Å². The molecule has 2 aromatic carbocycles. The molecule has 3 rings (SSSR count). The maximum Gasteiger partial charge on any atom is 0.334 e. The number of hydrogen-bond donors (Lipinski definition) is 1. The van der Waals surface area contributed by atoms with Crippen LogP contribution in [0.5, 0.6) is 0 Å². The van der Waals surface area contributed by atoms with E-state index < -0.39 is 0 Å². The predicted octanol–water partition coefficient (Wildman–Crippen LogP) is 5.42. The third-order valence-electron chi connectivity index (χ3n) is 4.10. The van der Waals surface area contributed by atoms with Gasteiger partial charge in [-0.3, -0.25) is 0 Å². The van der Waals surface area contributed by atoms with Gasteiger partial charge in [0.05, 0.1) is 22.3 Å². The summed E-state index contributed by atoms with van der Waals surface area (Å²) in [4.78, 5) is 18.8. The second-order valence-corrected chi connectivity index (χ2v) is 7.03. The van der Waals surface area contributed by atoms with Crippen molar-refractivity contribution in [1.82, 2.24) is 0 Å². The number of aliphatic imine (C=N–C) groups is 1. The van der Waals surface area contributed by atoms with Crippen LogP contribution in [-0.2, 0) is 4.74 Å². The van der Waals surface area contributed by atoms with Crippen molar-refractivity contribution in [3.05, 3.63) is 57.6 Å². The summed E-state index contributed by atoms with van der Waals surface area (Å²) in [5.74, 6) is 0. The van der Waals surface area contributed by atoms with Crippen LogP contribution in [0.4, 0.5) is 16.2 Å². The standard InChI is InChI=1S/C19H19Cl2N3O2/c1-11-4-6-15(8-12(11)2)24(19-22-10-13(3)26-19)18(25)23-14-5-7-16(20)17(21)9-14/h4-9,13H,10H2,1-3H3,(H,23,25). The van der Waals surface area contributed by atoms with Crippen LogP contribution in [0.1, 0.15) is 18.1 Å². The van der Waals surface area contributed by atoms with Gasteiger partial charge in [-0.25, -0.2) is 14.7 Å². The number of carbonyl (C=O) groups is 1. The molecule has 0 saturated carbocycles. The maximum atomic E-state index is 13.0. The van der Waals surface area contributed by atoms with Gasteiger partial charge in [0.25, 0.3) is 0 Å². The molecule has 0 aliphatic carbocycles. The molecule has 0 spiro atoms. The minimum atomic E-state index is -0.389. The Bertz CT molecular complexity index is 883. The van der Waals surface area contributed by atoms with E-state index in [9.17, 15) is 4.79 Å². The van der Waals surface area contributed by atoms with Gasteiger partial charge in [-0.05, 0) is 62.2 Å². The van der Waals surface area contributed by atoms with Crippen LogP contribution >= 0.6 is 23.2 Å². The second-order valence-electron chi connectivity index (χ2n) is 6.21. The average molecular weight is 392 g/mol. The Hall–Kier alpha value is -2.24. The predicted molar refractivity (Wildman–Crippen MR) is 107 cm³/mol. The van der Waals surface area contributed by atoms with E-state index in [2.05, 4.69) is 10.3 Å². The fourth-order valence-corrected chi connectivity index (χ4v) is 2.82. The lowest BCUT2D eigenvalue weighted by atomic mass is 10.1. The number of aryl methyl sites for hydroxylation is 2. The molecule has 0 saturated heterocycles. The zero-order valence-electron chi connectivity index (χ0n) is 14.7. The van der Waals surface area contributed by atoms with Crippen molar-refractivity contribution < 1.29 is 9.53 Å². The quantitative estimate of drug-likeness (QED) is 0.742. The molecule has 1 heterocycles. The summed E-state index contributed by atoms with van der Waals surface area (Å²) in [5, 5.41) is 3.61. The van der Waals surface area contributed by atoms with Crippen LogP contribution in [0.15, 0.2) is 41.4 Å². The number of benzene rings is 2. The Morgan fingerprint density at radius 1 is 1.15 bits per heavy atom. The molecule has 2 amide bonds. The molecule has 7 heteroatoms. The molecular formula is C19H19Cl2N3O2. The van der Waals surface area contributed by atoms with Crippen molar-refractivity contribution in [2.45, 2.75) is 26.9 Å². The summed E-state index contributed by atoms with van der Waals surface area (Å²) in [7, 11) is 0. The molecule has 1 aliphatic heterocycles. The Balaban J connectivity index is 1.93. The number of amidine groups is 1. The number of hydrogen-bond acceptors (Lipinski definition) is 3. The van der Waals surface area contributed by atoms with Crippen molar-refractivity contribution in [2.24, 2.45) is 4.99 Å². The molecule has 5 nitrogen and oxygen atoms in total. The van der Waals surface area contributed by atoms with E-state index in [4.69, 9.17) is 27.9 Å². The van der Waals surface area contributed by atoms with Gasteiger partial charge < -0.3 is 10.1 Å². The molecule has 0 radical (unpaired) electrons. The first-order valence-corrected chi connectivity index (χ1v) is 8.95. The van der Waals surface area contributed by atoms with Crippen molar-refractivity contribution in [1.29, 1.82) is 0 Å². The minimum Gasteiger partial charge on any atom is -0.460 e. The molecule has 136 valence electrons. The minimum absolute atomic E-state index is 0.0724. The van der Waals surface area contributed by atoms with E-state index in [0.717, 1.165) is 11.1 Å². The Labute approximate surface area is 162 Å². The molecule has 26 heavy (non-hydrogen) atoms. The van der Waals surface area contributed by atoms with Crippen molar-refractivity contribution in [3.8, 4) is 0 Å². The number of amides is 2. The normalized spacial score (nSPS) is 16.0. The highest BCUT2D eigenvalue weighted by atomic mass is 35.5. The van der Waals surface area contributed by atoms with Crippen molar-refractivity contribution in [2.75, 3.05) is 16.8 Å². The van der Waals surface area contributed by atoms with Gasteiger partial charge in [-0.2, -0.15) is 0 Å². The SMILES string of the molecule is Cc1ccc(N(C(=O)Nc2ccc(Cl)c(Cl)c2)C2=NCC(C)O2)cc1C. The topological polar surface area (TPSA) is 53.9 Å². The highest BCUT2D eigenvalue weighted by molar-refractivity contribution is 6.42. The van der Waals surface area contributed by atoms with E-state index in [1.165, 1.54) is 4.90 Å². The van der Waals surface area contributed by atoms with Crippen LogP contribution in [0.3, 0.4) is 0 Å². The monoisotopic (exact) mass is 391 g/mol. The van der Waals surface area contributed by atoms with E-state index in [0.29, 0.717) is 28.0 Å². The maximum absolute atomic E-state index is 13.0. The number of urea groups is 1. The number of nitrogens with zero attached hydrogens (tertiary/aromatic N) is 2. The van der Waals surface area contributed by atoms with Gasteiger partial charge in [-0.1, -0.05) is 29.3 Å². The van der Waals surface area contributed by atoms with Crippen LogP contribution in [0.25, 0.3) is 0 Å². The smallest absolute Gasteiger partial charge is 0.334 e. The molecule has 2 aromatic rings. The lowest BCUT2D eigenvalue weighted by Crippen LogP contribution is -2.41. The van der Waals surface area contributed by atoms with Crippen LogP contribution in [0.2, 0.25) is 10.0 Å². The first kappa shape index (κ1) is 18.5. The van der Waals surface area contributed by atoms with Crippen LogP contribution in [0, 0.1) is 13.8 Å². The first-order valence-electron chi connectivity index (χ1n) is 8.19. The van der Waals surface area contributed by atoms with Crippen molar-refractivity contribution in [3.63, 3.8) is 0 Å². The average Bonchev–Trinajstić information content (AvgIpc) is 3.00. The Morgan fingerprint density at radius 3 is 2.54 bits per heavy atom. The molecule has 1 N–H and O–H groups in total. The second kappa shape index (κ2) is 7.56. The van der Waals surface area contributed by atoms with Gasteiger partial charge in [0.2, 0.25) is 0 Å². The Morgan fingerprint density at radius 2 is 1.92 bits per heavy atom. The highest BCUT2D eigenvalue weighted by Crippen LogP contribution is 2.27. The first-order chi connectivity index (χ1) is 12.3. The third kappa shape index (κ3) is 3.94. The van der Waals surface area contributed by atoms with E-state index in [-0.39, 0.29) is 18.2 Å². The van der Waals surface area contributed by atoms with Gasteiger partial charge in [-0.15, -0.1) is 0 Å². The molecule has 0 bridgehead atoms. The largest absolute Gasteiger partial charge is 0.460 e. The van der Waals surface area contributed by atoms with Crippen molar-refractivity contribution >= 4 is 46.6 Å². The molecule has 1 aliphatic rings. The number of anilines is 2. The lowest BCUT2D eigenvalue weighted by molar-refractivity contribution is 0.235.